The number of allylic oxidation sites excluding steroid dienone is 4. The molecule has 0 radical (unpaired) electrons. The topological polar surface area (TPSA) is 32.8 Å². The van der Waals surface area contributed by atoms with Gasteiger partial charge in [-0.15, -0.1) is 0 Å². The molecule has 0 aromatic carbocycles. The van der Waals surface area contributed by atoms with Crippen LogP contribution in [0.2, 0.25) is 0 Å². The van der Waals surface area contributed by atoms with Gasteiger partial charge in [-0.25, -0.2) is 4.79 Å². The Morgan fingerprint density at radius 3 is 2.44 bits per heavy atom. The van der Waals surface area contributed by atoms with E-state index < -0.39 is 0 Å². The maximum atomic E-state index is 11.8. The molecule has 2 aliphatic carbocycles. The van der Waals surface area contributed by atoms with Gasteiger partial charge in [0.05, 0.1) is 7.11 Å². The molecule has 4 heteroatoms. The fraction of sp³-hybridized carbons (Fsp3) is 0.609. The lowest BCUT2D eigenvalue weighted by Crippen LogP contribution is -2.57. The summed E-state index contributed by atoms with van der Waals surface area (Å²) in [4.78, 5) is 17.0. The number of nitrogens with zero attached hydrogens (tertiary/aromatic N) is 2. The molecule has 0 amide bonds. The van der Waals surface area contributed by atoms with E-state index in [1.807, 2.05) is 6.08 Å². The van der Waals surface area contributed by atoms with Crippen molar-refractivity contribution < 1.29 is 9.53 Å². The second kappa shape index (κ2) is 9.03. The van der Waals surface area contributed by atoms with Crippen molar-refractivity contribution in [3.05, 3.63) is 47.1 Å². The molecule has 0 saturated carbocycles. The minimum atomic E-state index is -0.196. The fourth-order valence-corrected chi connectivity index (χ4v) is 4.55. The molecule has 0 unspecified atom stereocenters. The highest BCUT2D eigenvalue weighted by Gasteiger charge is 2.31. The zero-order chi connectivity index (χ0) is 19.4. The molecule has 1 heterocycles. The van der Waals surface area contributed by atoms with Crippen molar-refractivity contribution in [3.63, 3.8) is 0 Å². The Kier molecular flexibility index (Phi) is 6.72. The Balaban J connectivity index is 1.60. The van der Waals surface area contributed by atoms with Gasteiger partial charge in [0.2, 0.25) is 0 Å². The molecular weight excluding hydrogens is 336 g/mol. The van der Waals surface area contributed by atoms with Crippen molar-refractivity contribution in [2.24, 2.45) is 5.92 Å². The van der Waals surface area contributed by atoms with Crippen molar-refractivity contribution in [2.45, 2.75) is 52.1 Å². The van der Waals surface area contributed by atoms with Crippen LogP contribution < -0.4 is 0 Å². The van der Waals surface area contributed by atoms with Gasteiger partial charge < -0.3 is 4.74 Å². The molecule has 3 atom stereocenters. The molecule has 0 spiro atoms. The molecule has 148 valence electrons. The van der Waals surface area contributed by atoms with Crippen LogP contribution >= 0.6 is 0 Å². The Bertz CT molecular complexity index is 662. The average Bonchev–Trinajstić information content (AvgIpc) is 2.66. The summed E-state index contributed by atoms with van der Waals surface area (Å²) < 4.78 is 4.87. The predicted octanol–water partition coefficient (Wildman–Crippen LogP) is 3.72. The molecule has 1 saturated heterocycles. The molecular formula is C23H34N2O2. The molecule has 0 aromatic heterocycles. The van der Waals surface area contributed by atoms with Crippen LogP contribution in [0.5, 0.6) is 0 Å². The van der Waals surface area contributed by atoms with E-state index in [2.05, 4.69) is 54.9 Å². The van der Waals surface area contributed by atoms with Crippen molar-refractivity contribution in [2.75, 3.05) is 33.3 Å². The van der Waals surface area contributed by atoms with Crippen LogP contribution in [0, 0.1) is 5.92 Å². The third kappa shape index (κ3) is 4.99. The summed E-state index contributed by atoms with van der Waals surface area (Å²) in [6.45, 7) is 11.2. The summed E-state index contributed by atoms with van der Waals surface area (Å²) in [7, 11) is 1.45. The summed E-state index contributed by atoms with van der Waals surface area (Å²) in [6, 6.07) is 1.06. The maximum Gasteiger partial charge on any atom is 0.333 e. The van der Waals surface area contributed by atoms with Crippen LogP contribution in [0.4, 0.5) is 0 Å². The lowest BCUT2D eigenvalue weighted by Gasteiger charge is -2.45. The standard InChI is InChI=1S/C23H34N2O2/c1-17-12-21(23(26)27-4)10-11-22(17)16-25-18(2)13-24(14-19(25)3)15-20-8-6-5-7-9-20/h6,8-11,17-19H,5,7,12-16H2,1-4H3/t17-,18-,19+/m1/s1. The number of hydrogen-bond donors (Lipinski definition) is 0. The summed E-state index contributed by atoms with van der Waals surface area (Å²) in [5.41, 5.74) is 3.68. The highest BCUT2D eigenvalue weighted by Crippen LogP contribution is 2.28. The van der Waals surface area contributed by atoms with Gasteiger partial charge in [0.15, 0.2) is 0 Å². The van der Waals surface area contributed by atoms with Crippen molar-refractivity contribution in [1.82, 2.24) is 9.80 Å². The van der Waals surface area contributed by atoms with Gasteiger partial charge >= 0.3 is 5.97 Å². The Morgan fingerprint density at radius 1 is 1.11 bits per heavy atom. The quantitative estimate of drug-likeness (QED) is 0.691. The van der Waals surface area contributed by atoms with Crippen LogP contribution in [0.3, 0.4) is 0 Å². The average molecular weight is 371 g/mol. The molecule has 0 N–H and O–H groups in total. The fourth-order valence-electron chi connectivity index (χ4n) is 4.55. The van der Waals surface area contributed by atoms with Crippen LogP contribution in [0.1, 0.15) is 40.0 Å². The number of esters is 1. The molecule has 3 aliphatic rings. The van der Waals surface area contributed by atoms with Crippen LogP contribution in [0.15, 0.2) is 47.1 Å². The summed E-state index contributed by atoms with van der Waals surface area (Å²) in [6.07, 6.45) is 14.2. The number of carbonyl (C=O) groups excluding carboxylic acids is 1. The van der Waals surface area contributed by atoms with Gasteiger partial charge in [0.1, 0.15) is 0 Å². The molecule has 27 heavy (non-hydrogen) atoms. The number of piperazine rings is 1. The van der Waals surface area contributed by atoms with E-state index in [4.69, 9.17) is 4.74 Å². The minimum Gasteiger partial charge on any atom is -0.466 e. The number of rotatable bonds is 5. The zero-order valence-corrected chi connectivity index (χ0v) is 17.3. The predicted molar refractivity (Wildman–Crippen MR) is 110 cm³/mol. The number of carbonyl (C=O) groups is 1. The van der Waals surface area contributed by atoms with E-state index in [1.54, 1.807) is 0 Å². The SMILES string of the molecule is COC(=O)C1=CC=C(CN2[C@H](C)CN(CC3=CCCC=C3)C[C@@H]2C)[C@H](C)C1. The maximum absolute atomic E-state index is 11.8. The molecule has 1 fully saturated rings. The third-order valence-corrected chi connectivity index (χ3v) is 6.13. The molecule has 3 rings (SSSR count). The molecule has 0 bridgehead atoms. The first-order valence-electron chi connectivity index (χ1n) is 10.3. The summed E-state index contributed by atoms with van der Waals surface area (Å²) in [5, 5.41) is 0. The van der Waals surface area contributed by atoms with Crippen LogP contribution in [0.25, 0.3) is 0 Å². The second-order valence-electron chi connectivity index (χ2n) is 8.35. The first-order valence-corrected chi connectivity index (χ1v) is 10.3. The normalized spacial score (nSPS) is 29.8. The molecule has 4 nitrogen and oxygen atoms in total. The van der Waals surface area contributed by atoms with Gasteiger partial charge in [0, 0.05) is 43.8 Å². The van der Waals surface area contributed by atoms with Gasteiger partial charge in [-0.1, -0.05) is 42.9 Å². The summed E-state index contributed by atoms with van der Waals surface area (Å²) in [5.74, 6) is 0.192. The number of methoxy groups -OCH3 is 1. The van der Waals surface area contributed by atoms with Crippen LogP contribution in [-0.2, 0) is 9.53 Å². The second-order valence-corrected chi connectivity index (χ2v) is 8.35. The van der Waals surface area contributed by atoms with Crippen molar-refractivity contribution >= 4 is 5.97 Å². The first-order chi connectivity index (χ1) is 13.0. The van der Waals surface area contributed by atoms with E-state index in [0.717, 1.165) is 38.2 Å². The van der Waals surface area contributed by atoms with E-state index >= 15 is 0 Å². The van der Waals surface area contributed by atoms with Gasteiger partial charge in [-0.3, -0.25) is 9.80 Å². The summed E-state index contributed by atoms with van der Waals surface area (Å²) >= 11 is 0. The third-order valence-electron chi connectivity index (χ3n) is 6.13. The van der Waals surface area contributed by atoms with E-state index in [0.29, 0.717) is 18.0 Å². The van der Waals surface area contributed by atoms with Crippen LogP contribution in [-0.4, -0.2) is 61.1 Å². The Morgan fingerprint density at radius 2 is 1.85 bits per heavy atom. The van der Waals surface area contributed by atoms with E-state index in [-0.39, 0.29) is 5.97 Å². The van der Waals surface area contributed by atoms with Gasteiger partial charge in [-0.2, -0.15) is 0 Å². The van der Waals surface area contributed by atoms with E-state index in [9.17, 15) is 4.79 Å². The highest BCUT2D eigenvalue weighted by molar-refractivity contribution is 5.89. The monoisotopic (exact) mass is 370 g/mol. The van der Waals surface area contributed by atoms with Gasteiger partial charge in [0.25, 0.3) is 0 Å². The molecule has 1 aliphatic heterocycles. The smallest absolute Gasteiger partial charge is 0.333 e. The largest absolute Gasteiger partial charge is 0.466 e. The lowest BCUT2D eigenvalue weighted by molar-refractivity contribution is -0.136. The van der Waals surface area contributed by atoms with Crippen molar-refractivity contribution in [1.29, 1.82) is 0 Å². The van der Waals surface area contributed by atoms with Crippen molar-refractivity contribution in [3.8, 4) is 0 Å². The Labute approximate surface area is 164 Å². The Hall–Kier alpha value is -1.65. The minimum absolute atomic E-state index is 0.196. The first kappa shape index (κ1) is 20.1. The lowest BCUT2D eigenvalue weighted by atomic mass is 9.87. The van der Waals surface area contributed by atoms with Gasteiger partial charge in [-0.05, 0) is 44.6 Å². The number of ether oxygens (including phenoxy) is 1. The van der Waals surface area contributed by atoms with E-state index in [1.165, 1.54) is 31.1 Å². The zero-order valence-electron chi connectivity index (χ0n) is 17.3. The molecule has 0 aromatic rings. The highest BCUT2D eigenvalue weighted by atomic mass is 16.5. The number of hydrogen-bond acceptors (Lipinski definition) is 4.